The molecular formula is C16H24N2O3. The van der Waals surface area contributed by atoms with Gasteiger partial charge in [-0.2, -0.15) is 0 Å². The number of carbonyl (C=O) groups is 1. The van der Waals surface area contributed by atoms with Crippen molar-refractivity contribution < 1.29 is 14.6 Å². The maximum absolute atomic E-state index is 11.8. The van der Waals surface area contributed by atoms with Gasteiger partial charge in [-0.25, -0.2) is 0 Å². The molecule has 116 valence electrons. The number of carbonyl (C=O) groups excluding carboxylic acids is 1. The van der Waals surface area contributed by atoms with Crippen LogP contribution in [0.2, 0.25) is 0 Å². The van der Waals surface area contributed by atoms with Crippen LogP contribution in [0.5, 0.6) is 5.75 Å². The Kier molecular flexibility index (Phi) is 6.02. The quantitative estimate of drug-likeness (QED) is 0.698. The molecule has 0 heterocycles. The molecule has 1 aliphatic rings. The summed E-state index contributed by atoms with van der Waals surface area (Å²) in [6.07, 6.45) is 5.27. The van der Waals surface area contributed by atoms with E-state index < -0.39 is 0 Å². The van der Waals surface area contributed by atoms with Crippen molar-refractivity contribution in [1.29, 1.82) is 0 Å². The normalized spacial score (nSPS) is 22.0. The molecule has 1 amide bonds. The van der Waals surface area contributed by atoms with Crippen molar-refractivity contribution in [2.75, 3.05) is 13.2 Å². The highest BCUT2D eigenvalue weighted by atomic mass is 16.5. The highest BCUT2D eigenvalue weighted by molar-refractivity contribution is 5.94. The zero-order valence-corrected chi connectivity index (χ0v) is 12.3. The molecule has 0 atom stereocenters. The summed E-state index contributed by atoms with van der Waals surface area (Å²) in [7, 11) is 0. The van der Waals surface area contributed by atoms with Gasteiger partial charge in [0, 0.05) is 24.8 Å². The lowest BCUT2D eigenvalue weighted by atomic mass is 9.94. The van der Waals surface area contributed by atoms with Gasteiger partial charge in [0.15, 0.2) is 0 Å². The Balaban J connectivity index is 1.58. The molecule has 0 aromatic heterocycles. The second-order valence-electron chi connectivity index (χ2n) is 5.57. The Labute approximate surface area is 125 Å². The van der Waals surface area contributed by atoms with Gasteiger partial charge in [0.1, 0.15) is 5.75 Å². The summed E-state index contributed by atoms with van der Waals surface area (Å²) in [5.41, 5.74) is 6.32. The summed E-state index contributed by atoms with van der Waals surface area (Å²) in [4.78, 5) is 11.8. The van der Waals surface area contributed by atoms with E-state index in [4.69, 9.17) is 10.5 Å². The van der Waals surface area contributed by atoms with Crippen molar-refractivity contribution in [3.8, 4) is 5.75 Å². The topological polar surface area (TPSA) is 84.6 Å². The van der Waals surface area contributed by atoms with E-state index in [1.54, 1.807) is 18.2 Å². The third kappa shape index (κ3) is 5.36. The molecular weight excluding hydrogens is 268 g/mol. The number of benzene rings is 1. The number of nitrogens with two attached hydrogens (primary N) is 1. The van der Waals surface area contributed by atoms with Crippen LogP contribution in [0.4, 0.5) is 0 Å². The van der Waals surface area contributed by atoms with E-state index >= 15 is 0 Å². The molecule has 1 aliphatic carbocycles. The second-order valence-corrected chi connectivity index (χ2v) is 5.57. The monoisotopic (exact) mass is 292 g/mol. The minimum absolute atomic E-state index is 0.0986. The minimum Gasteiger partial charge on any atom is -0.508 e. The molecule has 0 unspecified atom stereocenters. The molecule has 2 rings (SSSR count). The summed E-state index contributed by atoms with van der Waals surface area (Å²) in [6, 6.07) is 6.67. The molecule has 0 saturated heterocycles. The first-order valence-corrected chi connectivity index (χ1v) is 7.59. The second kappa shape index (κ2) is 8.00. The summed E-state index contributed by atoms with van der Waals surface area (Å²) in [6.45, 7) is 1.22. The lowest BCUT2D eigenvalue weighted by Crippen LogP contribution is -2.31. The lowest BCUT2D eigenvalue weighted by Gasteiger charge is -2.26. The van der Waals surface area contributed by atoms with Gasteiger partial charge in [-0.3, -0.25) is 4.79 Å². The van der Waals surface area contributed by atoms with Crippen LogP contribution in [-0.2, 0) is 4.74 Å². The molecule has 5 nitrogen and oxygen atoms in total. The zero-order valence-electron chi connectivity index (χ0n) is 12.3. The van der Waals surface area contributed by atoms with Crippen LogP contribution in [0.25, 0.3) is 0 Å². The number of ether oxygens (including phenoxy) is 1. The Bertz CT molecular complexity index is 457. The molecule has 21 heavy (non-hydrogen) atoms. The summed E-state index contributed by atoms with van der Waals surface area (Å²) in [5, 5.41) is 12.1. The number of rotatable bonds is 6. The van der Waals surface area contributed by atoms with E-state index in [0.717, 1.165) is 32.1 Å². The molecule has 5 heteroatoms. The Morgan fingerprint density at radius 3 is 2.81 bits per heavy atom. The van der Waals surface area contributed by atoms with Crippen molar-refractivity contribution in [3.05, 3.63) is 29.8 Å². The smallest absolute Gasteiger partial charge is 0.251 e. The Morgan fingerprint density at radius 1 is 1.33 bits per heavy atom. The van der Waals surface area contributed by atoms with Crippen molar-refractivity contribution >= 4 is 5.91 Å². The predicted octanol–water partition coefficient (Wildman–Crippen LogP) is 1.80. The summed E-state index contributed by atoms with van der Waals surface area (Å²) < 4.78 is 5.79. The molecule has 4 N–H and O–H groups in total. The average Bonchev–Trinajstić information content (AvgIpc) is 2.48. The zero-order chi connectivity index (χ0) is 15.1. The highest BCUT2D eigenvalue weighted by Crippen LogP contribution is 2.19. The van der Waals surface area contributed by atoms with Gasteiger partial charge < -0.3 is 20.9 Å². The van der Waals surface area contributed by atoms with Gasteiger partial charge in [-0.1, -0.05) is 6.07 Å². The predicted molar refractivity (Wildman–Crippen MR) is 81.2 cm³/mol. The fourth-order valence-electron chi connectivity index (χ4n) is 2.53. The molecule has 0 spiro atoms. The van der Waals surface area contributed by atoms with Gasteiger partial charge in [0.2, 0.25) is 0 Å². The van der Waals surface area contributed by atoms with Crippen molar-refractivity contribution in [1.82, 2.24) is 5.32 Å². The summed E-state index contributed by atoms with van der Waals surface area (Å²) in [5.74, 6) is -0.0731. The van der Waals surface area contributed by atoms with Crippen LogP contribution in [0.3, 0.4) is 0 Å². The fraction of sp³-hybridized carbons (Fsp3) is 0.562. The maximum Gasteiger partial charge on any atom is 0.251 e. The van der Waals surface area contributed by atoms with Gasteiger partial charge in [0.05, 0.1) is 6.10 Å². The number of hydrogen-bond acceptors (Lipinski definition) is 4. The van der Waals surface area contributed by atoms with Crippen LogP contribution in [-0.4, -0.2) is 36.3 Å². The molecule has 1 aromatic rings. The number of phenols is 1. The number of amides is 1. The summed E-state index contributed by atoms with van der Waals surface area (Å²) >= 11 is 0. The first-order valence-electron chi connectivity index (χ1n) is 7.59. The van der Waals surface area contributed by atoms with E-state index in [9.17, 15) is 9.90 Å². The molecule has 1 aromatic carbocycles. The van der Waals surface area contributed by atoms with Crippen LogP contribution in [0.15, 0.2) is 24.3 Å². The highest BCUT2D eigenvalue weighted by Gasteiger charge is 2.18. The van der Waals surface area contributed by atoms with E-state index in [-0.39, 0.29) is 11.7 Å². The largest absolute Gasteiger partial charge is 0.508 e. The first kappa shape index (κ1) is 15.8. The molecule has 0 bridgehead atoms. The molecule has 1 fully saturated rings. The van der Waals surface area contributed by atoms with E-state index in [1.807, 2.05) is 0 Å². The number of aromatic hydroxyl groups is 1. The lowest BCUT2D eigenvalue weighted by molar-refractivity contribution is 0.0241. The number of nitrogens with one attached hydrogen (secondary N) is 1. The SMILES string of the molecule is NC1CCC(OCCCNC(=O)c2cccc(O)c2)CC1. The Hall–Kier alpha value is -1.59. The minimum atomic E-state index is -0.172. The van der Waals surface area contributed by atoms with Gasteiger partial charge >= 0.3 is 0 Å². The van der Waals surface area contributed by atoms with Crippen LogP contribution in [0, 0.1) is 0 Å². The van der Waals surface area contributed by atoms with E-state index in [0.29, 0.717) is 30.9 Å². The Morgan fingerprint density at radius 2 is 2.10 bits per heavy atom. The maximum atomic E-state index is 11.8. The van der Waals surface area contributed by atoms with E-state index in [1.165, 1.54) is 6.07 Å². The van der Waals surface area contributed by atoms with Crippen molar-refractivity contribution in [2.24, 2.45) is 5.73 Å². The van der Waals surface area contributed by atoms with Gasteiger partial charge in [-0.15, -0.1) is 0 Å². The number of hydrogen-bond donors (Lipinski definition) is 3. The van der Waals surface area contributed by atoms with E-state index in [2.05, 4.69) is 5.32 Å². The fourth-order valence-corrected chi connectivity index (χ4v) is 2.53. The van der Waals surface area contributed by atoms with Crippen LogP contribution in [0.1, 0.15) is 42.5 Å². The van der Waals surface area contributed by atoms with Crippen LogP contribution < -0.4 is 11.1 Å². The third-order valence-corrected chi connectivity index (χ3v) is 3.79. The third-order valence-electron chi connectivity index (χ3n) is 3.79. The first-order chi connectivity index (χ1) is 10.1. The molecule has 0 aliphatic heterocycles. The van der Waals surface area contributed by atoms with Crippen LogP contribution >= 0.6 is 0 Å². The standard InChI is InChI=1S/C16H24N2O3/c17-13-5-7-15(8-6-13)21-10-2-9-18-16(20)12-3-1-4-14(19)11-12/h1,3-4,11,13,15,19H,2,5-10,17H2,(H,18,20). The average molecular weight is 292 g/mol. The van der Waals surface area contributed by atoms with Crippen molar-refractivity contribution in [3.63, 3.8) is 0 Å². The van der Waals surface area contributed by atoms with Crippen molar-refractivity contribution in [2.45, 2.75) is 44.2 Å². The molecule has 0 radical (unpaired) electrons. The van der Waals surface area contributed by atoms with Gasteiger partial charge in [0.25, 0.3) is 5.91 Å². The molecule has 1 saturated carbocycles. The number of phenolic OH excluding ortho intramolecular Hbond substituents is 1. The van der Waals surface area contributed by atoms with Gasteiger partial charge in [-0.05, 0) is 50.3 Å².